The number of hydrogen-bond acceptors (Lipinski definition) is 4. The van der Waals surface area contributed by atoms with E-state index in [9.17, 15) is 9.59 Å². The van der Waals surface area contributed by atoms with Gasteiger partial charge in [-0.3, -0.25) is 25.1 Å². The average Bonchev–Trinajstić information content (AvgIpc) is 2.56. The van der Waals surface area contributed by atoms with Crippen molar-refractivity contribution >= 4 is 11.8 Å². The van der Waals surface area contributed by atoms with Gasteiger partial charge in [-0.15, -0.1) is 0 Å². The first-order valence-corrected chi connectivity index (χ1v) is 8.64. The highest BCUT2D eigenvalue weighted by atomic mass is 16.2. The Morgan fingerprint density at radius 2 is 1.58 bits per heavy atom. The third-order valence-electron chi connectivity index (χ3n) is 4.45. The Hall–Kier alpha value is -1.72. The van der Waals surface area contributed by atoms with Crippen LogP contribution in [0.2, 0.25) is 0 Å². The molecule has 2 amide bonds. The first-order valence-electron chi connectivity index (χ1n) is 8.64. The number of amides is 2. The lowest BCUT2D eigenvalue weighted by Gasteiger charge is -2.31. The Morgan fingerprint density at radius 1 is 1.04 bits per heavy atom. The van der Waals surface area contributed by atoms with Gasteiger partial charge in [0.1, 0.15) is 0 Å². The van der Waals surface area contributed by atoms with Gasteiger partial charge in [0.25, 0.3) is 0 Å². The van der Waals surface area contributed by atoms with Gasteiger partial charge in [0.15, 0.2) is 0 Å². The average molecular weight is 333 g/mol. The summed E-state index contributed by atoms with van der Waals surface area (Å²) in [7, 11) is 0. The van der Waals surface area contributed by atoms with Crippen LogP contribution in [0.25, 0.3) is 0 Å². The first kappa shape index (κ1) is 20.3. The summed E-state index contributed by atoms with van der Waals surface area (Å²) in [6, 6.07) is 9.14. The first-order chi connectivity index (χ1) is 11.2. The van der Waals surface area contributed by atoms with Gasteiger partial charge in [-0.05, 0) is 46.3 Å². The zero-order valence-electron chi connectivity index (χ0n) is 15.7. The Bertz CT molecular complexity index is 539. The van der Waals surface area contributed by atoms with Crippen LogP contribution in [0, 0.1) is 0 Å². The number of likely N-dealkylation sites (N-methyl/N-ethyl adjacent to an activating group) is 1. The Labute approximate surface area is 145 Å². The largest absolute Gasteiger partial charge is 0.297 e. The molecule has 24 heavy (non-hydrogen) atoms. The maximum Gasteiger partial charge on any atom is 0.243 e. The summed E-state index contributed by atoms with van der Waals surface area (Å²) in [5.41, 5.74) is 0.721. The van der Waals surface area contributed by atoms with Crippen molar-refractivity contribution in [3.63, 3.8) is 0 Å². The van der Waals surface area contributed by atoms with Crippen LogP contribution in [0.4, 0.5) is 0 Å². The van der Waals surface area contributed by atoms with Crippen LogP contribution < -0.4 is 10.6 Å². The fourth-order valence-electron chi connectivity index (χ4n) is 2.82. The molecule has 134 valence electrons. The van der Waals surface area contributed by atoms with Gasteiger partial charge >= 0.3 is 0 Å². The second kappa shape index (κ2) is 8.94. The predicted octanol–water partition coefficient (Wildman–Crippen LogP) is 2.27. The fourth-order valence-corrected chi connectivity index (χ4v) is 2.82. The molecular weight excluding hydrogens is 302 g/mol. The van der Waals surface area contributed by atoms with E-state index >= 15 is 0 Å². The maximum atomic E-state index is 12.4. The van der Waals surface area contributed by atoms with Crippen LogP contribution in [-0.4, -0.2) is 41.9 Å². The number of imide groups is 1. The molecule has 1 rings (SSSR count). The van der Waals surface area contributed by atoms with Crippen molar-refractivity contribution in [2.75, 3.05) is 13.1 Å². The molecule has 5 nitrogen and oxygen atoms in total. The van der Waals surface area contributed by atoms with E-state index in [4.69, 9.17) is 0 Å². The second-order valence-electron chi connectivity index (χ2n) is 6.61. The van der Waals surface area contributed by atoms with Crippen LogP contribution in [0.1, 0.15) is 47.1 Å². The van der Waals surface area contributed by atoms with Gasteiger partial charge in [-0.25, -0.2) is 0 Å². The molecule has 0 aromatic heterocycles. The number of carbonyl (C=O) groups excluding carboxylic acids is 2. The topological polar surface area (TPSA) is 61.4 Å². The molecule has 0 saturated heterocycles. The van der Waals surface area contributed by atoms with E-state index < -0.39 is 6.04 Å². The zero-order valence-corrected chi connectivity index (χ0v) is 15.7. The molecule has 1 aromatic carbocycles. The molecule has 0 spiro atoms. The highest BCUT2D eigenvalue weighted by molar-refractivity contribution is 5.99. The minimum absolute atomic E-state index is 0.255. The zero-order chi connectivity index (χ0) is 18.3. The lowest BCUT2D eigenvalue weighted by atomic mass is 9.93. The number of nitrogens with one attached hydrogen (secondary N) is 2. The van der Waals surface area contributed by atoms with Crippen molar-refractivity contribution in [2.45, 2.75) is 59.2 Å². The monoisotopic (exact) mass is 333 g/mol. The molecule has 0 heterocycles. The van der Waals surface area contributed by atoms with Gasteiger partial charge in [-0.1, -0.05) is 44.2 Å². The Balaban J connectivity index is 2.66. The number of rotatable bonds is 8. The molecule has 0 radical (unpaired) electrons. The van der Waals surface area contributed by atoms with E-state index in [0.29, 0.717) is 0 Å². The Morgan fingerprint density at radius 3 is 2.08 bits per heavy atom. The molecule has 0 saturated carbocycles. The molecular formula is C19H31N3O2. The molecule has 2 N–H and O–H groups in total. The van der Waals surface area contributed by atoms with E-state index in [1.165, 1.54) is 0 Å². The molecule has 0 aliphatic carbocycles. The van der Waals surface area contributed by atoms with Crippen LogP contribution in [0.15, 0.2) is 30.3 Å². The van der Waals surface area contributed by atoms with Crippen LogP contribution in [0.5, 0.6) is 0 Å². The summed E-state index contributed by atoms with van der Waals surface area (Å²) >= 11 is 0. The van der Waals surface area contributed by atoms with E-state index in [1.807, 2.05) is 69.9 Å². The smallest absolute Gasteiger partial charge is 0.243 e. The number of carbonyl (C=O) groups is 2. The van der Waals surface area contributed by atoms with Crippen molar-refractivity contribution in [2.24, 2.45) is 0 Å². The van der Waals surface area contributed by atoms with Crippen LogP contribution >= 0.6 is 0 Å². The van der Waals surface area contributed by atoms with Gasteiger partial charge < -0.3 is 0 Å². The predicted molar refractivity (Wildman–Crippen MR) is 97.6 cm³/mol. The van der Waals surface area contributed by atoms with Crippen molar-refractivity contribution in [1.82, 2.24) is 15.5 Å². The van der Waals surface area contributed by atoms with E-state index in [2.05, 4.69) is 10.6 Å². The summed E-state index contributed by atoms with van der Waals surface area (Å²) in [6.07, 6.45) is 0. The normalized spacial score (nSPS) is 14.3. The number of benzene rings is 1. The molecule has 2 atom stereocenters. The minimum atomic E-state index is -0.479. The van der Waals surface area contributed by atoms with Crippen LogP contribution in [0.3, 0.4) is 0 Å². The quantitative estimate of drug-likeness (QED) is 0.766. The van der Waals surface area contributed by atoms with Crippen molar-refractivity contribution in [3.05, 3.63) is 35.9 Å². The molecule has 0 unspecified atom stereocenters. The lowest BCUT2D eigenvalue weighted by Crippen LogP contribution is -2.54. The van der Waals surface area contributed by atoms with Crippen molar-refractivity contribution < 1.29 is 9.59 Å². The van der Waals surface area contributed by atoms with Crippen molar-refractivity contribution in [3.8, 4) is 0 Å². The van der Waals surface area contributed by atoms with Crippen molar-refractivity contribution in [1.29, 1.82) is 0 Å². The Kier molecular flexibility index (Phi) is 7.58. The summed E-state index contributed by atoms with van der Waals surface area (Å²) in [5.74, 6) is -0.558. The molecule has 1 aromatic rings. The van der Waals surface area contributed by atoms with Gasteiger partial charge in [0.05, 0.1) is 12.1 Å². The number of hydrogen-bond donors (Lipinski definition) is 2. The third-order valence-corrected chi connectivity index (χ3v) is 4.45. The molecule has 5 heteroatoms. The fraction of sp³-hybridized carbons (Fsp3) is 0.579. The van der Waals surface area contributed by atoms with E-state index in [-0.39, 0.29) is 23.4 Å². The lowest BCUT2D eigenvalue weighted by molar-refractivity contribution is -0.134. The molecule has 0 aliphatic heterocycles. The third kappa shape index (κ3) is 5.42. The standard InChI is InChI=1S/C19H31N3O2/c1-7-22(8-2)15(4)18(24)20-17(23)14(3)21-19(5,6)16-12-10-9-11-13-16/h9-15,21H,7-8H2,1-6H3,(H,20,23,24)/t14-,15-/m0/s1. The molecule has 0 bridgehead atoms. The summed E-state index contributed by atoms with van der Waals surface area (Å²) in [5, 5.41) is 5.82. The second-order valence-corrected chi connectivity index (χ2v) is 6.61. The summed E-state index contributed by atoms with van der Waals surface area (Å²) < 4.78 is 0. The van der Waals surface area contributed by atoms with Gasteiger partial charge in [0, 0.05) is 5.54 Å². The van der Waals surface area contributed by atoms with E-state index in [1.54, 1.807) is 6.92 Å². The summed E-state index contributed by atoms with van der Waals surface area (Å²) in [4.78, 5) is 26.6. The molecule has 0 aliphatic rings. The number of nitrogens with zero attached hydrogens (tertiary/aromatic N) is 1. The maximum absolute atomic E-state index is 12.4. The molecule has 0 fully saturated rings. The SMILES string of the molecule is CCN(CC)[C@@H](C)C(=O)NC(=O)[C@H](C)NC(C)(C)c1ccccc1. The summed E-state index contributed by atoms with van der Waals surface area (Å²) in [6.45, 7) is 13.2. The highest BCUT2D eigenvalue weighted by Crippen LogP contribution is 2.20. The van der Waals surface area contributed by atoms with Gasteiger partial charge in [0.2, 0.25) is 11.8 Å². The van der Waals surface area contributed by atoms with Crippen LogP contribution in [-0.2, 0) is 15.1 Å². The van der Waals surface area contributed by atoms with E-state index in [0.717, 1.165) is 18.7 Å². The minimum Gasteiger partial charge on any atom is -0.297 e. The highest BCUT2D eigenvalue weighted by Gasteiger charge is 2.27. The van der Waals surface area contributed by atoms with Gasteiger partial charge in [-0.2, -0.15) is 0 Å².